The van der Waals surface area contributed by atoms with Crippen molar-refractivity contribution in [1.82, 2.24) is 19.6 Å². The van der Waals surface area contributed by atoms with Crippen LogP contribution < -0.4 is 5.32 Å². The minimum Gasteiger partial charge on any atom is -0.394 e. The highest BCUT2D eigenvalue weighted by molar-refractivity contribution is 6.28. The van der Waals surface area contributed by atoms with Gasteiger partial charge in [-0.05, 0) is 38.3 Å². The first-order chi connectivity index (χ1) is 13.3. The molecule has 0 bridgehead atoms. The second-order valence-electron chi connectivity index (χ2n) is 7.96. The lowest BCUT2D eigenvalue weighted by atomic mass is 10.1. The minimum atomic E-state index is -1.32. The Balaban J connectivity index is 1.61. The molecule has 3 N–H and O–H groups in total. The number of nitrogens with one attached hydrogen (secondary N) is 1. The molecule has 2 aromatic rings. The van der Waals surface area contributed by atoms with Crippen LogP contribution in [0.25, 0.3) is 5.65 Å². The summed E-state index contributed by atoms with van der Waals surface area (Å²) in [5.41, 5.74) is 1.29. The number of nitrogens with zero attached hydrogens (tertiary/aromatic N) is 4. The summed E-state index contributed by atoms with van der Waals surface area (Å²) in [6.45, 7) is 2.89. The van der Waals surface area contributed by atoms with Crippen LogP contribution in [0.15, 0.2) is 6.20 Å². The van der Waals surface area contributed by atoms with Gasteiger partial charge in [-0.3, -0.25) is 0 Å². The highest BCUT2D eigenvalue weighted by Crippen LogP contribution is 2.37. The molecule has 2 aromatic heterocycles. The zero-order valence-electron chi connectivity index (χ0n) is 16.0. The fourth-order valence-corrected chi connectivity index (χ4v) is 4.18. The molecule has 3 atom stereocenters. The van der Waals surface area contributed by atoms with Crippen LogP contribution in [0, 0.1) is 0 Å². The Hall–Kier alpha value is -1.52. The van der Waals surface area contributed by atoms with Crippen molar-refractivity contribution < 1.29 is 19.7 Å². The molecule has 1 saturated carbocycles. The Bertz CT molecular complexity index is 833. The van der Waals surface area contributed by atoms with E-state index >= 15 is 0 Å². The Labute approximate surface area is 168 Å². The summed E-state index contributed by atoms with van der Waals surface area (Å²) in [5, 5.41) is 27.5. The predicted molar refractivity (Wildman–Crippen MR) is 102 cm³/mol. The zero-order chi connectivity index (χ0) is 19.9. The average Bonchev–Trinajstić information content (AvgIpc) is 3.32. The molecule has 1 saturated heterocycles. The van der Waals surface area contributed by atoms with Crippen molar-refractivity contribution in [3.8, 4) is 0 Å². The molecule has 28 heavy (non-hydrogen) atoms. The van der Waals surface area contributed by atoms with Crippen LogP contribution >= 0.6 is 11.6 Å². The van der Waals surface area contributed by atoms with E-state index in [1.807, 2.05) is 0 Å². The van der Waals surface area contributed by atoms with Gasteiger partial charge in [-0.15, -0.1) is 5.10 Å². The molecule has 3 heterocycles. The van der Waals surface area contributed by atoms with Crippen LogP contribution in [-0.4, -0.2) is 60.4 Å². The lowest BCUT2D eigenvalue weighted by Crippen LogP contribution is -2.36. The van der Waals surface area contributed by atoms with Gasteiger partial charge in [0.25, 0.3) is 0 Å². The molecule has 0 radical (unpaired) electrons. The van der Waals surface area contributed by atoms with Crippen LogP contribution in [0.5, 0.6) is 0 Å². The smallest absolute Gasteiger partial charge is 0.243 e. The maximum absolute atomic E-state index is 9.97. The third-order valence-electron chi connectivity index (χ3n) is 5.21. The minimum absolute atomic E-state index is 0.119. The van der Waals surface area contributed by atoms with E-state index in [0.717, 1.165) is 12.8 Å². The summed E-state index contributed by atoms with van der Waals surface area (Å²) in [6, 6.07) is 0.362. The number of aliphatic hydroxyl groups is 2. The molecule has 154 valence electrons. The van der Waals surface area contributed by atoms with Gasteiger partial charge < -0.3 is 25.0 Å². The quantitative estimate of drug-likeness (QED) is 0.619. The molecule has 0 aromatic carbocycles. The molecule has 4 rings (SSSR count). The fourth-order valence-electron chi connectivity index (χ4n) is 4.01. The summed E-state index contributed by atoms with van der Waals surface area (Å²) >= 11 is 6.17. The summed E-state index contributed by atoms with van der Waals surface area (Å²) in [5.74, 6) is -0.709. The highest BCUT2D eigenvalue weighted by Gasteiger charge is 2.40. The van der Waals surface area contributed by atoms with Gasteiger partial charge in [-0.25, -0.2) is 9.50 Å². The first kappa shape index (κ1) is 19.8. The molecule has 2 aliphatic rings. The second-order valence-corrected chi connectivity index (χ2v) is 8.30. The van der Waals surface area contributed by atoms with E-state index in [9.17, 15) is 10.2 Å². The van der Waals surface area contributed by atoms with Crippen molar-refractivity contribution in [1.29, 1.82) is 0 Å². The van der Waals surface area contributed by atoms with Crippen molar-refractivity contribution >= 4 is 23.1 Å². The molecule has 0 unspecified atom stereocenters. The Morgan fingerprint density at radius 1 is 1.39 bits per heavy atom. The van der Waals surface area contributed by atoms with E-state index < -0.39 is 24.1 Å². The SMILES string of the molecule is CC(C)(O)O[C@H]1C[C@H](c2cnc3c(NC4CCCC4)nc(Cl)nn23)O[C@@H]1CO. The first-order valence-electron chi connectivity index (χ1n) is 9.68. The zero-order valence-corrected chi connectivity index (χ0v) is 16.8. The number of imidazole rings is 1. The molecule has 10 heteroatoms. The van der Waals surface area contributed by atoms with Gasteiger partial charge in [0, 0.05) is 12.5 Å². The molecule has 1 aliphatic heterocycles. The lowest BCUT2D eigenvalue weighted by molar-refractivity contribution is -0.216. The second kappa shape index (κ2) is 7.72. The number of aliphatic hydroxyl groups excluding tert-OH is 1. The van der Waals surface area contributed by atoms with Crippen LogP contribution in [0.3, 0.4) is 0 Å². The molecule has 2 fully saturated rings. The van der Waals surface area contributed by atoms with Gasteiger partial charge in [0.15, 0.2) is 17.3 Å². The van der Waals surface area contributed by atoms with Crippen LogP contribution in [0.2, 0.25) is 5.28 Å². The van der Waals surface area contributed by atoms with E-state index in [1.54, 1.807) is 24.6 Å². The molecular weight excluding hydrogens is 386 g/mol. The van der Waals surface area contributed by atoms with E-state index in [-0.39, 0.29) is 11.9 Å². The Morgan fingerprint density at radius 3 is 2.82 bits per heavy atom. The van der Waals surface area contributed by atoms with Crippen molar-refractivity contribution in [2.24, 2.45) is 0 Å². The van der Waals surface area contributed by atoms with Crippen LogP contribution in [-0.2, 0) is 9.47 Å². The Morgan fingerprint density at radius 2 is 2.14 bits per heavy atom. The van der Waals surface area contributed by atoms with Gasteiger partial charge in [-0.2, -0.15) is 4.98 Å². The topological polar surface area (TPSA) is 114 Å². The van der Waals surface area contributed by atoms with Crippen LogP contribution in [0.1, 0.15) is 57.7 Å². The molecule has 0 amide bonds. The summed E-state index contributed by atoms with van der Waals surface area (Å²) < 4.78 is 13.2. The van der Waals surface area contributed by atoms with Gasteiger partial charge in [0.1, 0.15) is 12.2 Å². The maximum Gasteiger partial charge on any atom is 0.243 e. The lowest BCUT2D eigenvalue weighted by Gasteiger charge is -2.25. The largest absolute Gasteiger partial charge is 0.394 e. The summed E-state index contributed by atoms with van der Waals surface area (Å²) in [6.07, 6.45) is 5.35. The first-order valence-corrected chi connectivity index (χ1v) is 10.1. The van der Waals surface area contributed by atoms with Crippen molar-refractivity contribution in [2.75, 3.05) is 11.9 Å². The normalized spacial score (nSPS) is 26.4. The van der Waals surface area contributed by atoms with Crippen molar-refractivity contribution in [3.05, 3.63) is 17.2 Å². The van der Waals surface area contributed by atoms with Crippen LogP contribution in [0.4, 0.5) is 5.82 Å². The fraction of sp³-hybridized carbons (Fsp3) is 0.722. The Kier molecular flexibility index (Phi) is 5.45. The number of fused-ring (bicyclic) bond motifs is 1. The van der Waals surface area contributed by atoms with Gasteiger partial charge in [0.2, 0.25) is 5.28 Å². The number of aromatic nitrogens is 4. The number of anilines is 1. The number of hydrogen-bond donors (Lipinski definition) is 3. The number of hydrogen-bond acceptors (Lipinski definition) is 8. The third kappa shape index (κ3) is 4.08. The van der Waals surface area contributed by atoms with E-state index in [4.69, 9.17) is 21.1 Å². The van der Waals surface area contributed by atoms with E-state index in [0.29, 0.717) is 29.6 Å². The van der Waals surface area contributed by atoms with E-state index in [1.165, 1.54) is 12.8 Å². The van der Waals surface area contributed by atoms with E-state index in [2.05, 4.69) is 20.4 Å². The molecular formula is C18H26ClN5O4. The molecule has 9 nitrogen and oxygen atoms in total. The van der Waals surface area contributed by atoms with Gasteiger partial charge in [0.05, 0.1) is 24.6 Å². The molecule has 0 spiro atoms. The third-order valence-corrected chi connectivity index (χ3v) is 5.37. The maximum atomic E-state index is 9.97. The van der Waals surface area contributed by atoms with Gasteiger partial charge in [-0.1, -0.05) is 12.8 Å². The highest BCUT2D eigenvalue weighted by atomic mass is 35.5. The molecule has 1 aliphatic carbocycles. The predicted octanol–water partition coefficient (Wildman–Crippen LogP) is 2.07. The number of ether oxygens (including phenoxy) is 2. The standard InChI is InChI=1S/C18H26ClN5O4/c1-18(2,26)28-13-7-12(27-14(13)9-25)11-8-20-16-15(21-10-5-3-4-6-10)22-17(19)23-24(11)16/h8,10,12-14,25-26H,3-7,9H2,1-2H3,(H,21,22,23)/t12-,13+,14-/m1/s1. The number of rotatable bonds is 6. The van der Waals surface area contributed by atoms with Gasteiger partial charge >= 0.3 is 0 Å². The number of halogens is 1. The van der Waals surface area contributed by atoms with Crippen molar-refractivity contribution in [3.63, 3.8) is 0 Å². The van der Waals surface area contributed by atoms with Crippen molar-refractivity contribution in [2.45, 2.75) is 76.1 Å². The summed E-state index contributed by atoms with van der Waals surface area (Å²) in [7, 11) is 0. The average molecular weight is 412 g/mol. The summed E-state index contributed by atoms with van der Waals surface area (Å²) in [4.78, 5) is 8.80. The monoisotopic (exact) mass is 411 g/mol.